The molecule has 19 heavy (non-hydrogen) atoms. The van der Waals surface area contributed by atoms with Gasteiger partial charge in [-0.1, -0.05) is 35.1 Å². The van der Waals surface area contributed by atoms with Crippen LogP contribution in [0, 0.1) is 10.1 Å². The zero-order valence-corrected chi connectivity index (χ0v) is 11.9. The third-order valence-corrected chi connectivity index (χ3v) is 4.07. The van der Waals surface area contributed by atoms with Crippen molar-refractivity contribution in [3.8, 4) is 0 Å². The number of hydrogen-bond donors (Lipinski definition) is 1. The maximum absolute atomic E-state index is 10.6. The Bertz CT molecular complexity index is 568. The van der Waals surface area contributed by atoms with E-state index in [2.05, 4.69) is 5.32 Å². The standard InChI is InChI=1S/C13H13ClN2O2S/c1-9(10-2-4-11(14)5-3-10)15-8-12-6-7-13(19-12)16(17)18/h2-7,9,15H,8H2,1H3/t9-/m1/s1. The van der Waals surface area contributed by atoms with Gasteiger partial charge < -0.3 is 5.32 Å². The fourth-order valence-corrected chi connectivity index (χ4v) is 2.58. The highest BCUT2D eigenvalue weighted by Gasteiger charge is 2.10. The summed E-state index contributed by atoms with van der Waals surface area (Å²) < 4.78 is 0. The van der Waals surface area contributed by atoms with Crippen LogP contribution < -0.4 is 5.32 Å². The van der Waals surface area contributed by atoms with E-state index in [4.69, 9.17) is 11.6 Å². The third kappa shape index (κ3) is 3.76. The molecule has 0 saturated heterocycles. The van der Waals surface area contributed by atoms with E-state index in [0.29, 0.717) is 11.6 Å². The lowest BCUT2D eigenvalue weighted by atomic mass is 10.1. The molecule has 1 aromatic carbocycles. The van der Waals surface area contributed by atoms with Crippen molar-refractivity contribution in [2.45, 2.75) is 19.5 Å². The zero-order chi connectivity index (χ0) is 13.8. The largest absolute Gasteiger partial charge is 0.324 e. The molecule has 100 valence electrons. The molecule has 0 aliphatic rings. The molecule has 0 unspecified atom stereocenters. The van der Waals surface area contributed by atoms with E-state index in [-0.39, 0.29) is 16.0 Å². The summed E-state index contributed by atoms with van der Waals surface area (Å²) in [4.78, 5) is 11.2. The highest BCUT2D eigenvalue weighted by Crippen LogP contribution is 2.24. The number of nitrogens with zero attached hydrogens (tertiary/aromatic N) is 1. The zero-order valence-electron chi connectivity index (χ0n) is 10.3. The highest BCUT2D eigenvalue weighted by molar-refractivity contribution is 7.15. The second-order valence-electron chi connectivity index (χ2n) is 4.15. The topological polar surface area (TPSA) is 55.2 Å². The molecule has 0 spiro atoms. The summed E-state index contributed by atoms with van der Waals surface area (Å²) in [5.41, 5.74) is 1.13. The van der Waals surface area contributed by atoms with Crippen molar-refractivity contribution in [1.82, 2.24) is 5.32 Å². The minimum Gasteiger partial charge on any atom is -0.305 e. The summed E-state index contributed by atoms with van der Waals surface area (Å²) in [7, 11) is 0. The van der Waals surface area contributed by atoms with Gasteiger partial charge in [0.25, 0.3) is 0 Å². The summed E-state index contributed by atoms with van der Waals surface area (Å²) in [5, 5.41) is 14.8. The Balaban J connectivity index is 1.94. The molecule has 0 saturated carbocycles. The van der Waals surface area contributed by atoms with Crippen LogP contribution in [0.15, 0.2) is 36.4 Å². The second-order valence-corrected chi connectivity index (χ2v) is 5.73. The summed E-state index contributed by atoms with van der Waals surface area (Å²) in [5.74, 6) is 0. The third-order valence-electron chi connectivity index (χ3n) is 2.78. The predicted octanol–water partition coefficient (Wildman–Crippen LogP) is 4.16. The van der Waals surface area contributed by atoms with E-state index in [1.54, 1.807) is 6.07 Å². The Morgan fingerprint density at radius 2 is 2.00 bits per heavy atom. The Kier molecular flexibility index (Phi) is 4.52. The van der Waals surface area contributed by atoms with Crippen molar-refractivity contribution in [3.63, 3.8) is 0 Å². The van der Waals surface area contributed by atoms with Gasteiger partial charge in [-0.2, -0.15) is 0 Å². The van der Waals surface area contributed by atoms with E-state index in [1.165, 1.54) is 17.4 Å². The molecule has 1 aromatic heterocycles. The summed E-state index contributed by atoms with van der Waals surface area (Å²) in [6.45, 7) is 2.66. The monoisotopic (exact) mass is 296 g/mol. The van der Waals surface area contributed by atoms with Crippen molar-refractivity contribution in [3.05, 3.63) is 62.0 Å². The van der Waals surface area contributed by atoms with Crippen LogP contribution in [0.2, 0.25) is 5.02 Å². The van der Waals surface area contributed by atoms with E-state index in [1.807, 2.05) is 31.2 Å². The Hall–Kier alpha value is -1.43. The Morgan fingerprint density at radius 3 is 2.58 bits per heavy atom. The van der Waals surface area contributed by atoms with Gasteiger partial charge in [0.2, 0.25) is 0 Å². The molecule has 0 radical (unpaired) electrons. The van der Waals surface area contributed by atoms with E-state index in [0.717, 1.165) is 10.4 Å². The van der Waals surface area contributed by atoms with Gasteiger partial charge in [0.15, 0.2) is 0 Å². The second kappa shape index (κ2) is 6.14. The fourth-order valence-electron chi connectivity index (χ4n) is 1.68. The van der Waals surface area contributed by atoms with E-state index >= 15 is 0 Å². The van der Waals surface area contributed by atoms with Crippen LogP contribution in [-0.4, -0.2) is 4.92 Å². The predicted molar refractivity (Wildman–Crippen MR) is 77.7 cm³/mol. The first-order valence-electron chi connectivity index (χ1n) is 5.78. The van der Waals surface area contributed by atoms with Crippen LogP contribution in [-0.2, 0) is 6.54 Å². The number of benzene rings is 1. The fraction of sp³-hybridized carbons (Fsp3) is 0.231. The minimum atomic E-state index is -0.364. The lowest BCUT2D eigenvalue weighted by molar-refractivity contribution is -0.380. The molecule has 0 fully saturated rings. The average molecular weight is 297 g/mol. The van der Waals surface area contributed by atoms with Gasteiger partial charge in [-0.3, -0.25) is 10.1 Å². The van der Waals surface area contributed by atoms with Crippen molar-refractivity contribution in [1.29, 1.82) is 0 Å². The molecule has 0 bridgehead atoms. The molecular formula is C13H13ClN2O2S. The van der Waals surface area contributed by atoms with Crippen LogP contribution in [0.4, 0.5) is 5.00 Å². The molecule has 1 N–H and O–H groups in total. The van der Waals surface area contributed by atoms with Gasteiger partial charge >= 0.3 is 5.00 Å². The van der Waals surface area contributed by atoms with Crippen LogP contribution in [0.1, 0.15) is 23.4 Å². The van der Waals surface area contributed by atoms with Crippen molar-refractivity contribution in [2.75, 3.05) is 0 Å². The summed E-state index contributed by atoms with van der Waals surface area (Å²) in [6, 6.07) is 11.1. The van der Waals surface area contributed by atoms with E-state index in [9.17, 15) is 10.1 Å². The molecule has 0 aliphatic carbocycles. The normalized spacial score (nSPS) is 12.3. The number of rotatable bonds is 5. The quantitative estimate of drug-likeness (QED) is 0.666. The molecule has 2 aromatic rings. The molecular weight excluding hydrogens is 284 g/mol. The summed E-state index contributed by atoms with van der Waals surface area (Å²) in [6.07, 6.45) is 0. The first-order valence-corrected chi connectivity index (χ1v) is 6.97. The maximum Gasteiger partial charge on any atom is 0.324 e. The van der Waals surface area contributed by atoms with Gasteiger partial charge in [-0.05, 0) is 30.7 Å². The molecule has 0 amide bonds. The first-order chi connectivity index (χ1) is 9.06. The minimum absolute atomic E-state index is 0.165. The van der Waals surface area contributed by atoms with Crippen molar-refractivity contribution in [2.24, 2.45) is 0 Å². The lowest BCUT2D eigenvalue weighted by Crippen LogP contribution is -2.17. The maximum atomic E-state index is 10.6. The van der Waals surface area contributed by atoms with Gasteiger partial charge in [0, 0.05) is 28.6 Å². The van der Waals surface area contributed by atoms with Gasteiger partial charge in [-0.15, -0.1) is 0 Å². The molecule has 0 aliphatic heterocycles. The lowest BCUT2D eigenvalue weighted by Gasteiger charge is -2.13. The molecule has 1 heterocycles. The number of nitro groups is 1. The van der Waals surface area contributed by atoms with E-state index < -0.39 is 0 Å². The molecule has 2 rings (SSSR count). The van der Waals surface area contributed by atoms with Crippen LogP contribution in [0.25, 0.3) is 0 Å². The number of thiophene rings is 1. The van der Waals surface area contributed by atoms with Crippen molar-refractivity contribution >= 4 is 27.9 Å². The van der Waals surface area contributed by atoms with Crippen LogP contribution >= 0.6 is 22.9 Å². The smallest absolute Gasteiger partial charge is 0.305 e. The Labute approximate surface area is 120 Å². The van der Waals surface area contributed by atoms with Gasteiger partial charge in [0.05, 0.1) is 4.92 Å². The first kappa shape index (κ1) is 14.0. The number of nitrogens with one attached hydrogen (secondary N) is 1. The SMILES string of the molecule is C[C@@H](NCc1ccc([N+](=O)[O-])s1)c1ccc(Cl)cc1. The summed E-state index contributed by atoms with van der Waals surface area (Å²) >= 11 is 7.04. The average Bonchev–Trinajstić information content (AvgIpc) is 2.86. The van der Waals surface area contributed by atoms with Crippen molar-refractivity contribution < 1.29 is 4.92 Å². The Morgan fingerprint density at radius 1 is 1.32 bits per heavy atom. The molecule has 6 heteroatoms. The molecule has 4 nitrogen and oxygen atoms in total. The van der Waals surface area contributed by atoms with Gasteiger partial charge in [0.1, 0.15) is 0 Å². The van der Waals surface area contributed by atoms with Crippen LogP contribution in [0.5, 0.6) is 0 Å². The van der Waals surface area contributed by atoms with Gasteiger partial charge in [-0.25, -0.2) is 0 Å². The number of hydrogen-bond acceptors (Lipinski definition) is 4. The number of halogens is 1. The molecule has 1 atom stereocenters. The van der Waals surface area contributed by atoms with Crippen LogP contribution in [0.3, 0.4) is 0 Å². The highest BCUT2D eigenvalue weighted by atomic mass is 35.5.